The Morgan fingerprint density at radius 3 is 1.04 bits per heavy atom. The molecule has 0 saturated carbocycles. The number of rotatable bonds is 12. The molecule has 0 saturated heterocycles. The third-order valence-electron chi connectivity index (χ3n) is 9.30. The number of fused-ring (bicyclic) bond motifs is 4. The first-order valence-corrected chi connectivity index (χ1v) is 16.6. The summed E-state index contributed by atoms with van der Waals surface area (Å²) in [6.07, 6.45) is 0. The van der Waals surface area contributed by atoms with Crippen LogP contribution >= 0.6 is 0 Å². The van der Waals surface area contributed by atoms with Gasteiger partial charge in [-0.15, -0.1) is 0 Å². The zero-order chi connectivity index (χ0) is 38.4. The van der Waals surface area contributed by atoms with Gasteiger partial charge in [-0.1, -0.05) is 0 Å². The van der Waals surface area contributed by atoms with Crippen molar-refractivity contribution in [2.24, 2.45) is 0 Å². The van der Waals surface area contributed by atoms with E-state index in [0.29, 0.717) is 56.4 Å². The number of carbonyl (C=O) groups excluding carboxylic acids is 2. The number of hydrogen-bond donors (Lipinski definition) is 0. The summed E-state index contributed by atoms with van der Waals surface area (Å²) < 4.78 is 86.4. The maximum Gasteiger partial charge on any atom is 0.338 e. The summed E-state index contributed by atoms with van der Waals surface area (Å²) in [6, 6.07) is 6.45. The van der Waals surface area contributed by atoms with Gasteiger partial charge in [-0.05, 0) is 35.4 Å². The number of ether oxygens (including phenoxy) is 15. The molecule has 0 N–H and O–H groups in total. The number of benzene rings is 4. The lowest BCUT2D eigenvalue weighted by molar-refractivity contribution is 0.0592. The quantitative estimate of drug-likeness (QED) is 0.171. The normalized spacial score (nSPS) is 13.8. The Morgan fingerprint density at radius 1 is 0.436 bits per heavy atom. The van der Waals surface area contributed by atoms with Gasteiger partial charge < -0.3 is 71.1 Å². The molecule has 4 aromatic rings. The lowest BCUT2D eigenvalue weighted by Crippen LogP contribution is -2.09. The van der Waals surface area contributed by atoms with Crippen LogP contribution in [0.4, 0.5) is 0 Å². The molecule has 0 atom stereocenters. The molecular formula is C38H34O17. The van der Waals surface area contributed by atoms with Gasteiger partial charge in [0.1, 0.15) is 0 Å². The molecule has 55 heavy (non-hydrogen) atoms. The zero-order valence-corrected chi connectivity index (χ0v) is 30.5. The van der Waals surface area contributed by atoms with Crippen molar-refractivity contribution in [2.75, 3.05) is 69.8 Å². The molecule has 4 aliphatic rings. The van der Waals surface area contributed by atoms with Crippen molar-refractivity contribution in [3.8, 4) is 91.2 Å². The van der Waals surface area contributed by atoms with Crippen LogP contribution in [0.1, 0.15) is 31.8 Å². The summed E-state index contributed by atoms with van der Waals surface area (Å²) in [7, 11) is 8.42. The standard InChI is InChI=1S/C38H34O17/c1-41-21-7-17(25(33-29(21)48-13-52-33)27-19(37(39)45-5)9-23(43-3)31-35(27)54-15-50-31)11-47-12-18-8-22(42-2)30-34(53-14-49-30)26(18)28-20(38(40)46-6)10-24(44-4)32-36(28)55-16-51-32/h7-10H,11-16H2,1-6H3. The lowest BCUT2D eigenvalue weighted by Gasteiger charge is -2.21. The van der Waals surface area contributed by atoms with Crippen molar-refractivity contribution in [3.63, 3.8) is 0 Å². The summed E-state index contributed by atoms with van der Waals surface area (Å²) in [5, 5.41) is 0. The van der Waals surface area contributed by atoms with Gasteiger partial charge >= 0.3 is 11.9 Å². The molecule has 0 bridgehead atoms. The average molecular weight is 763 g/mol. The molecule has 4 aromatic carbocycles. The lowest BCUT2D eigenvalue weighted by atomic mass is 9.91. The van der Waals surface area contributed by atoms with E-state index in [1.165, 1.54) is 54.8 Å². The summed E-state index contributed by atoms with van der Waals surface area (Å²) in [6.45, 7) is -0.676. The van der Waals surface area contributed by atoms with Crippen LogP contribution < -0.4 is 56.8 Å². The van der Waals surface area contributed by atoms with Gasteiger partial charge in [-0.2, -0.15) is 0 Å². The van der Waals surface area contributed by atoms with Gasteiger partial charge in [0.05, 0.1) is 67.0 Å². The molecule has 288 valence electrons. The smallest absolute Gasteiger partial charge is 0.338 e. The monoisotopic (exact) mass is 762 g/mol. The molecule has 0 radical (unpaired) electrons. The maximum atomic E-state index is 13.4. The molecule has 0 aliphatic carbocycles. The van der Waals surface area contributed by atoms with Crippen LogP contribution in [0.3, 0.4) is 0 Å². The third kappa shape index (κ3) is 5.65. The van der Waals surface area contributed by atoms with E-state index >= 15 is 0 Å². The number of esters is 2. The van der Waals surface area contributed by atoms with E-state index < -0.39 is 11.9 Å². The second kappa shape index (κ2) is 14.3. The van der Waals surface area contributed by atoms with Crippen LogP contribution in [0.2, 0.25) is 0 Å². The molecule has 17 heteroatoms. The van der Waals surface area contributed by atoms with E-state index in [9.17, 15) is 9.59 Å². The first kappa shape index (κ1) is 35.4. The maximum absolute atomic E-state index is 13.4. The molecule has 8 rings (SSSR count). The number of methoxy groups -OCH3 is 6. The van der Waals surface area contributed by atoms with E-state index in [-0.39, 0.29) is 97.5 Å². The van der Waals surface area contributed by atoms with E-state index in [1.807, 2.05) is 0 Å². The second-order valence-electron chi connectivity index (χ2n) is 12.0. The third-order valence-corrected chi connectivity index (χ3v) is 9.30. The van der Waals surface area contributed by atoms with Crippen molar-refractivity contribution < 1.29 is 80.6 Å². The van der Waals surface area contributed by atoms with E-state index in [1.54, 1.807) is 12.1 Å². The first-order valence-electron chi connectivity index (χ1n) is 16.6. The fourth-order valence-corrected chi connectivity index (χ4v) is 6.95. The van der Waals surface area contributed by atoms with Gasteiger partial charge in [-0.25, -0.2) is 9.59 Å². The van der Waals surface area contributed by atoms with Gasteiger partial charge in [-0.3, -0.25) is 0 Å². The van der Waals surface area contributed by atoms with Crippen LogP contribution in [0.15, 0.2) is 24.3 Å². The Balaban J connectivity index is 1.28. The van der Waals surface area contributed by atoms with E-state index in [4.69, 9.17) is 71.1 Å². The number of hydrogen-bond acceptors (Lipinski definition) is 17. The van der Waals surface area contributed by atoms with Gasteiger partial charge in [0, 0.05) is 22.3 Å². The van der Waals surface area contributed by atoms with Gasteiger partial charge in [0.15, 0.2) is 46.0 Å². The molecule has 17 nitrogen and oxygen atoms in total. The predicted molar refractivity (Wildman–Crippen MR) is 186 cm³/mol. The molecule has 0 amide bonds. The molecule has 0 spiro atoms. The highest BCUT2D eigenvalue weighted by atomic mass is 16.7. The van der Waals surface area contributed by atoms with Crippen molar-refractivity contribution in [3.05, 3.63) is 46.5 Å². The van der Waals surface area contributed by atoms with Crippen LogP contribution in [0.25, 0.3) is 22.3 Å². The van der Waals surface area contributed by atoms with Crippen LogP contribution in [-0.4, -0.2) is 81.8 Å². The minimum Gasteiger partial charge on any atom is -0.493 e. The molecule has 4 aliphatic heterocycles. The molecule has 0 unspecified atom stereocenters. The highest BCUT2D eigenvalue weighted by Crippen LogP contribution is 2.59. The van der Waals surface area contributed by atoms with Crippen molar-refractivity contribution in [2.45, 2.75) is 13.2 Å². The molecule has 4 heterocycles. The largest absolute Gasteiger partial charge is 0.493 e. The highest BCUT2D eigenvalue weighted by molar-refractivity contribution is 6.04. The minimum absolute atomic E-state index is 0.0923. The predicted octanol–water partition coefficient (Wildman–Crippen LogP) is 5.26. The Hall–Kier alpha value is -6.62. The first-order chi connectivity index (χ1) is 26.9. The summed E-state index contributed by atoms with van der Waals surface area (Å²) in [5.74, 6) is 2.16. The number of carbonyl (C=O) groups is 2. The second-order valence-corrected chi connectivity index (χ2v) is 12.0. The fraction of sp³-hybridized carbons (Fsp3) is 0.316. The SMILES string of the molecule is COC(=O)c1cc(OC)c2c(c1-c1c(COCc3cc(OC)c4c(c3-c3c(C(=O)OC)cc(OC)c5c3OCO5)OCO4)cc(OC)c3c1OCO3)OCO2. The summed E-state index contributed by atoms with van der Waals surface area (Å²) >= 11 is 0. The average Bonchev–Trinajstić information content (AvgIpc) is 4.06. The summed E-state index contributed by atoms with van der Waals surface area (Å²) in [4.78, 5) is 26.7. The molecule has 0 aromatic heterocycles. The van der Waals surface area contributed by atoms with Gasteiger partial charge in [0.2, 0.25) is 50.2 Å². The molecular weight excluding hydrogens is 728 g/mol. The topological polar surface area (TPSA) is 173 Å². The Kier molecular flexibility index (Phi) is 9.22. The minimum atomic E-state index is -0.668. The van der Waals surface area contributed by atoms with E-state index in [0.717, 1.165) is 0 Å². The fourth-order valence-electron chi connectivity index (χ4n) is 6.95. The Bertz CT molecular complexity index is 2070. The van der Waals surface area contributed by atoms with Gasteiger partial charge in [0.25, 0.3) is 0 Å². The zero-order valence-electron chi connectivity index (χ0n) is 30.5. The van der Waals surface area contributed by atoms with Crippen LogP contribution in [-0.2, 0) is 27.4 Å². The summed E-state index contributed by atoms with van der Waals surface area (Å²) in [5.41, 5.74) is 2.69. The van der Waals surface area contributed by atoms with Crippen LogP contribution in [0.5, 0.6) is 69.0 Å². The van der Waals surface area contributed by atoms with Crippen LogP contribution in [0, 0.1) is 0 Å². The van der Waals surface area contributed by atoms with E-state index in [2.05, 4.69) is 0 Å². The van der Waals surface area contributed by atoms with Crippen molar-refractivity contribution >= 4 is 11.9 Å². The van der Waals surface area contributed by atoms with Crippen molar-refractivity contribution in [1.29, 1.82) is 0 Å². The molecule has 0 fully saturated rings. The Morgan fingerprint density at radius 2 is 0.727 bits per heavy atom. The van der Waals surface area contributed by atoms with Crippen molar-refractivity contribution in [1.82, 2.24) is 0 Å². The Labute approximate surface area is 313 Å². The highest BCUT2D eigenvalue weighted by Gasteiger charge is 2.38.